The fraction of sp³-hybridized carbons (Fsp3) is 0.667. The van der Waals surface area contributed by atoms with Crippen LogP contribution >= 0.6 is 0 Å². The highest BCUT2D eigenvalue weighted by molar-refractivity contribution is 5.25. The summed E-state index contributed by atoms with van der Waals surface area (Å²) in [5, 5.41) is 3.66. The minimum absolute atomic E-state index is 0.580. The molecular weight excluding hydrogens is 230 g/mol. The van der Waals surface area contributed by atoms with E-state index in [2.05, 4.69) is 50.4 Å². The summed E-state index contributed by atoms with van der Waals surface area (Å²) in [6, 6.07) is 9.80. The van der Waals surface area contributed by atoms with Gasteiger partial charge in [0.05, 0.1) is 0 Å². The first-order valence-corrected chi connectivity index (χ1v) is 7.97. The van der Waals surface area contributed by atoms with Crippen LogP contribution in [0.25, 0.3) is 0 Å². The molecule has 1 aliphatic carbocycles. The molecule has 106 valence electrons. The predicted molar refractivity (Wildman–Crippen MR) is 83.6 cm³/mol. The van der Waals surface area contributed by atoms with E-state index >= 15 is 0 Å². The smallest absolute Gasteiger partial charge is 0.00251 e. The van der Waals surface area contributed by atoms with E-state index in [0.717, 1.165) is 12.5 Å². The van der Waals surface area contributed by atoms with E-state index in [-0.39, 0.29) is 0 Å². The van der Waals surface area contributed by atoms with Crippen molar-refractivity contribution in [2.75, 3.05) is 6.54 Å². The highest BCUT2D eigenvalue weighted by Gasteiger charge is 2.24. The van der Waals surface area contributed by atoms with Gasteiger partial charge in [0, 0.05) is 12.6 Å². The lowest BCUT2D eigenvalue weighted by molar-refractivity contribution is 0.293. The van der Waals surface area contributed by atoms with Gasteiger partial charge in [0.25, 0.3) is 0 Å². The van der Waals surface area contributed by atoms with E-state index in [0.29, 0.717) is 12.0 Å². The van der Waals surface area contributed by atoms with Gasteiger partial charge in [-0.3, -0.25) is 0 Å². The van der Waals surface area contributed by atoms with Crippen LogP contribution in [0.4, 0.5) is 0 Å². The first-order chi connectivity index (χ1) is 9.16. The highest BCUT2D eigenvalue weighted by atomic mass is 14.9. The second kappa shape index (κ2) is 7.09. The number of hydrogen-bond acceptors (Lipinski definition) is 1. The quantitative estimate of drug-likeness (QED) is 0.811. The summed E-state index contributed by atoms with van der Waals surface area (Å²) in [6.45, 7) is 7.79. The molecule has 1 aliphatic rings. The Hall–Kier alpha value is -0.820. The Balaban J connectivity index is 2.10. The number of aryl methyl sites for hydroxylation is 1. The number of nitrogens with one attached hydrogen (secondary N) is 1. The average molecular weight is 259 g/mol. The topological polar surface area (TPSA) is 12.0 Å². The van der Waals surface area contributed by atoms with E-state index in [9.17, 15) is 0 Å². The van der Waals surface area contributed by atoms with Gasteiger partial charge in [-0.2, -0.15) is 0 Å². The summed E-state index contributed by atoms with van der Waals surface area (Å²) in [4.78, 5) is 0. The first kappa shape index (κ1) is 14.6. The van der Waals surface area contributed by atoms with Crippen LogP contribution in [0, 0.1) is 12.8 Å². The van der Waals surface area contributed by atoms with Gasteiger partial charge in [-0.25, -0.2) is 0 Å². The largest absolute Gasteiger partial charge is 0.314 e. The Bertz CT molecular complexity index is 360. The van der Waals surface area contributed by atoms with Crippen LogP contribution in [0.2, 0.25) is 0 Å². The molecule has 19 heavy (non-hydrogen) atoms. The molecule has 0 amide bonds. The molecule has 2 rings (SSSR count). The van der Waals surface area contributed by atoms with Gasteiger partial charge in [-0.05, 0) is 37.2 Å². The van der Waals surface area contributed by atoms with Crippen LogP contribution in [-0.4, -0.2) is 12.6 Å². The molecule has 0 aromatic heterocycles. The number of rotatable bonds is 5. The van der Waals surface area contributed by atoms with Crippen molar-refractivity contribution in [3.8, 4) is 0 Å². The van der Waals surface area contributed by atoms with Gasteiger partial charge in [0.1, 0.15) is 0 Å². The molecule has 1 nitrogen and oxygen atoms in total. The number of benzene rings is 1. The van der Waals surface area contributed by atoms with E-state index in [1.165, 1.54) is 43.2 Å². The van der Waals surface area contributed by atoms with Crippen LogP contribution in [0.1, 0.15) is 63.0 Å². The molecule has 1 atom stereocenters. The van der Waals surface area contributed by atoms with E-state index in [1.54, 1.807) is 0 Å². The molecule has 0 heterocycles. The Morgan fingerprint density at radius 2 is 1.68 bits per heavy atom. The molecule has 1 aromatic rings. The Morgan fingerprint density at radius 3 is 2.26 bits per heavy atom. The summed E-state index contributed by atoms with van der Waals surface area (Å²) in [5.41, 5.74) is 2.90. The molecule has 1 aromatic carbocycles. The van der Waals surface area contributed by atoms with Gasteiger partial charge in [0.2, 0.25) is 0 Å². The summed E-state index contributed by atoms with van der Waals surface area (Å²) >= 11 is 0. The third-order valence-electron chi connectivity index (χ3n) is 4.47. The lowest BCUT2D eigenvalue weighted by Gasteiger charge is -2.31. The van der Waals surface area contributed by atoms with Crippen molar-refractivity contribution < 1.29 is 0 Å². The zero-order chi connectivity index (χ0) is 13.7. The number of hydrogen-bond donors (Lipinski definition) is 1. The Kier molecular flexibility index (Phi) is 5.45. The minimum atomic E-state index is 0.580. The molecule has 0 radical (unpaired) electrons. The third-order valence-corrected chi connectivity index (χ3v) is 4.47. The summed E-state index contributed by atoms with van der Waals surface area (Å²) < 4.78 is 0. The lowest BCUT2D eigenvalue weighted by Crippen LogP contribution is -2.32. The maximum absolute atomic E-state index is 3.66. The van der Waals surface area contributed by atoms with Crippen molar-refractivity contribution in [1.29, 1.82) is 0 Å². The normalized spacial score (nSPS) is 18.7. The van der Waals surface area contributed by atoms with Crippen molar-refractivity contribution in [2.24, 2.45) is 5.92 Å². The first-order valence-electron chi connectivity index (χ1n) is 7.97. The highest BCUT2D eigenvalue weighted by Crippen LogP contribution is 2.35. The van der Waals surface area contributed by atoms with E-state index in [4.69, 9.17) is 0 Å². The van der Waals surface area contributed by atoms with Crippen LogP contribution in [0.5, 0.6) is 0 Å². The van der Waals surface area contributed by atoms with Crippen LogP contribution < -0.4 is 5.32 Å². The molecule has 1 saturated carbocycles. The molecule has 1 N–H and O–H groups in total. The molecule has 1 unspecified atom stereocenters. The monoisotopic (exact) mass is 259 g/mol. The standard InChI is InChI=1S/C18H29N/c1-14(2)19-13-18(16-7-5-4-6-8-16)17-11-9-15(3)10-12-17/h9-12,14,16,18-19H,4-8,13H2,1-3H3. The van der Waals surface area contributed by atoms with Gasteiger partial charge in [-0.1, -0.05) is 62.9 Å². The van der Waals surface area contributed by atoms with Crippen molar-refractivity contribution in [3.63, 3.8) is 0 Å². The summed E-state index contributed by atoms with van der Waals surface area (Å²) in [5.74, 6) is 1.58. The van der Waals surface area contributed by atoms with Gasteiger partial charge in [0.15, 0.2) is 0 Å². The molecule has 1 fully saturated rings. The lowest BCUT2D eigenvalue weighted by atomic mass is 9.76. The van der Waals surface area contributed by atoms with Crippen molar-refractivity contribution in [1.82, 2.24) is 5.32 Å². The Labute approximate surface area is 118 Å². The molecule has 0 spiro atoms. The van der Waals surface area contributed by atoms with Crippen molar-refractivity contribution >= 4 is 0 Å². The van der Waals surface area contributed by atoms with Crippen LogP contribution in [0.15, 0.2) is 24.3 Å². The van der Waals surface area contributed by atoms with E-state index in [1.807, 2.05) is 0 Å². The van der Waals surface area contributed by atoms with Crippen LogP contribution in [0.3, 0.4) is 0 Å². The molecule has 0 bridgehead atoms. The summed E-state index contributed by atoms with van der Waals surface area (Å²) in [6.07, 6.45) is 7.12. The molecule has 0 saturated heterocycles. The zero-order valence-electron chi connectivity index (χ0n) is 12.8. The van der Waals surface area contributed by atoms with Crippen molar-refractivity contribution in [2.45, 2.75) is 64.8 Å². The SMILES string of the molecule is Cc1ccc(C(CNC(C)C)C2CCCCC2)cc1. The zero-order valence-corrected chi connectivity index (χ0v) is 12.8. The maximum Gasteiger partial charge on any atom is 0.00251 e. The van der Waals surface area contributed by atoms with Crippen molar-refractivity contribution in [3.05, 3.63) is 35.4 Å². The molecule has 0 aliphatic heterocycles. The second-order valence-corrected chi connectivity index (χ2v) is 6.48. The second-order valence-electron chi connectivity index (χ2n) is 6.48. The Morgan fingerprint density at radius 1 is 1.05 bits per heavy atom. The molecular formula is C18H29N. The third kappa shape index (κ3) is 4.35. The summed E-state index contributed by atoms with van der Waals surface area (Å²) in [7, 11) is 0. The fourth-order valence-corrected chi connectivity index (χ4v) is 3.27. The van der Waals surface area contributed by atoms with Gasteiger partial charge in [-0.15, -0.1) is 0 Å². The molecule has 1 heteroatoms. The average Bonchev–Trinajstić information content (AvgIpc) is 2.42. The van der Waals surface area contributed by atoms with Crippen LogP contribution in [-0.2, 0) is 0 Å². The van der Waals surface area contributed by atoms with Gasteiger partial charge < -0.3 is 5.32 Å². The predicted octanol–water partition coefficient (Wildman–Crippen LogP) is 4.66. The van der Waals surface area contributed by atoms with Gasteiger partial charge >= 0.3 is 0 Å². The fourth-order valence-electron chi connectivity index (χ4n) is 3.27. The van der Waals surface area contributed by atoms with E-state index < -0.39 is 0 Å². The maximum atomic E-state index is 3.66. The minimum Gasteiger partial charge on any atom is -0.314 e.